The van der Waals surface area contributed by atoms with Crippen molar-refractivity contribution in [1.82, 2.24) is 10.2 Å². The van der Waals surface area contributed by atoms with E-state index in [1.807, 2.05) is 5.38 Å². The summed E-state index contributed by atoms with van der Waals surface area (Å²) in [5.74, 6) is 0.276. The molecule has 1 amide bonds. The molecule has 3 rings (SSSR count). The van der Waals surface area contributed by atoms with Gasteiger partial charge < -0.3 is 10.2 Å². The Labute approximate surface area is 124 Å². The zero-order valence-electron chi connectivity index (χ0n) is 11.2. The summed E-state index contributed by atoms with van der Waals surface area (Å²) in [6.07, 6.45) is 4.40. The second-order valence-electron chi connectivity index (χ2n) is 5.22. The van der Waals surface area contributed by atoms with Crippen molar-refractivity contribution >= 4 is 29.7 Å². The van der Waals surface area contributed by atoms with Crippen LogP contribution in [0.15, 0.2) is 11.4 Å². The predicted molar refractivity (Wildman–Crippen MR) is 81.4 cm³/mol. The van der Waals surface area contributed by atoms with Gasteiger partial charge in [0.2, 0.25) is 0 Å². The zero-order chi connectivity index (χ0) is 12.5. The SMILES string of the molecule is CCc1ccsc1C(=O)N1C2CCNCC1CC2.Cl. The van der Waals surface area contributed by atoms with Crippen LogP contribution in [-0.4, -0.2) is 36.0 Å². The molecule has 0 aliphatic carbocycles. The molecule has 0 radical (unpaired) electrons. The first-order chi connectivity index (χ1) is 8.81. The number of aryl methyl sites for hydroxylation is 1. The second kappa shape index (κ2) is 6.25. The monoisotopic (exact) mass is 300 g/mol. The summed E-state index contributed by atoms with van der Waals surface area (Å²) in [5.41, 5.74) is 1.21. The van der Waals surface area contributed by atoms with E-state index in [0.29, 0.717) is 12.1 Å². The molecule has 106 valence electrons. The van der Waals surface area contributed by atoms with E-state index in [-0.39, 0.29) is 18.3 Å². The molecule has 5 heteroatoms. The van der Waals surface area contributed by atoms with Gasteiger partial charge in [0, 0.05) is 18.6 Å². The van der Waals surface area contributed by atoms with Crippen molar-refractivity contribution in [1.29, 1.82) is 0 Å². The fraction of sp³-hybridized carbons (Fsp3) is 0.643. The molecule has 2 bridgehead atoms. The molecule has 2 atom stereocenters. The van der Waals surface area contributed by atoms with Crippen molar-refractivity contribution in [3.05, 3.63) is 21.9 Å². The lowest BCUT2D eigenvalue weighted by Crippen LogP contribution is -2.42. The number of hydrogen-bond acceptors (Lipinski definition) is 3. The third kappa shape index (κ3) is 2.67. The van der Waals surface area contributed by atoms with Gasteiger partial charge >= 0.3 is 0 Å². The summed E-state index contributed by atoms with van der Waals surface area (Å²) >= 11 is 1.60. The predicted octanol–water partition coefficient (Wildman–Crippen LogP) is 2.70. The Morgan fingerprint density at radius 2 is 2.21 bits per heavy atom. The van der Waals surface area contributed by atoms with Crippen LogP contribution in [0, 0.1) is 0 Å². The van der Waals surface area contributed by atoms with Gasteiger partial charge in [-0.05, 0) is 49.2 Å². The largest absolute Gasteiger partial charge is 0.331 e. The molecule has 0 spiro atoms. The Kier molecular flexibility index (Phi) is 4.87. The maximum Gasteiger partial charge on any atom is 0.264 e. The van der Waals surface area contributed by atoms with Gasteiger partial charge in [-0.15, -0.1) is 23.7 Å². The van der Waals surface area contributed by atoms with Gasteiger partial charge in [0.25, 0.3) is 5.91 Å². The minimum atomic E-state index is 0. The number of carbonyl (C=O) groups excluding carboxylic acids is 1. The van der Waals surface area contributed by atoms with Crippen molar-refractivity contribution in [3.63, 3.8) is 0 Å². The third-order valence-corrected chi connectivity index (χ3v) is 5.16. The van der Waals surface area contributed by atoms with Crippen LogP contribution in [-0.2, 0) is 6.42 Å². The molecular weight excluding hydrogens is 280 g/mol. The number of hydrogen-bond donors (Lipinski definition) is 1. The van der Waals surface area contributed by atoms with Crippen LogP contribution in [0.5, 0.6) is 0 Å². The number of carbonyl (C=O) groups is 1. The first kappa shape index (κ1) is 14.8. The third-order valence-electron chi connectivity index (χ3n) is 4.21. The average molecular weight is 301 g/mol. The van der Waals surface area contributed by atoms with E-state index in [9.17, 15) is 4.79 Å². The molecule has 3 heterocycles. The summed E-state index contributed by atoms with van der Waals surface area (Å²) in [6.45, 7) is 4.14. The van der Waals surface area contributed by atoms with Crippen molar-refractivity contribution < 1.29 is 4.79 Å². The van der Waals surface area contributed by atoms with E-state index in [1.165, 1.54) is 12.0 Å². The van der Waals surface area contributed by atoms with Crippen LogP contribution < -0.4 is 5.32 Å². The molecule has 1 aromatic heterocycles. The lowest BCUT2D eigenvalue weighted by atomic mass is 10.1. The highest BCUT2D eigenvalue weighted by molar-refractivity contribution is 7.12. The molecule has 0 saturated carbocycles. The highest BCUT2D eigenvalue weighted by atomic mass is 35.5. The molecule has 1 aromatic rings. The summed E-state index contributed by atoms with van der Waals surface area (Å²) < 4.78 is 0. The Hall–Kier alpha value is -0.580. The van der Waals surface area contributed by atoms with E-state index < -0.39 is 0 Å². The average Bonchev–Trinajstić information content (AvgIpc) is 2.91. The zero-order valence-corrected chi connectivity index (χ0v) is 12.9. The van der Waals surface area contributed by atoms with Crippen LogP contribution in [0.25, 0.3) is 0 Å². The van der Waals surface area contributed by atoms with E-state index in [2.05, 4.69) is 23.2 Å². The number of halogens is 1. The van der Waals surface area contributed by atoms with Gasteiger partial charge in [-0.1, -0.05) is 6.92 Å². The minimum Gasteiger partial charge on any atom is -0.331 e. The summed E-state index contributed by atoms with van der Waals surface area (Å²) in [7, 11) is 0. The number of thiophene rings is 1. The first-order valence-electron chi connectivity index (χ1n) is 6.91. The summed E-state index contributed by atoms with van der Waals surface area (Å²) in [4.78, 5) is 15.9. The first-order valence-corrected chi connectivity index (χ1v) is 7.79. The fourth-order valence-corrected chi connectivity index (χ4v) is 4.17. The van der Waals surface area contributed by atoms with Crippen molar-refractivity contribution in [2.45, 2.75) is 44.7 Å². The topological polar surface area (TPSA) is 32.3 Å². The van der Waals surface area contributed by atoms with E-state index in [0.717, 1.165) is 37.2 Å². The molecule has 2 aliphatic rings. The van der Waals surface area contributed by atoms with Crippen LogP contribution >= 0.6 is 23.7 Å². The van der Waals surface area contributed by atoms with E-state index >= 15 is 0 Å². The number of fused-ring (bicyclic) bond motifs is 2. The van der Waals surface area contributed by atoms with Crippen molar-refractivity contribution in [3.8, 4) is 0 Å². The molecule has 3 nitrogen and oxygen atoms in total. The number of nitrogens with zero attached hydrogens (tertiary/aromatic N) is 1. The molecule has 2 aliphatic heterocycles. The lowest BCUT2D eigenvalue weighted by molar-refractivity contribution is 0.0684. The Morgan fingerprint density at radius 1 is 1.42 bits per heavy atom. The Bertz CT molecular complexity index is 434. The van der Waals surface area contributed by atoms with Crippen LogP contribution in [0.3, 0.4) is 0 Å². The molecule has 19 heavy (non-hydrogen) atoms. The Balaban J connectivity index is 0.00000133. The van der Waals surface area contributed by atoms with Gasteiger partial charge in [0.15, 0.2) is 0 Å². The van der Waals surface area contributed by atoms with Gasteiger partial charge in [-0.3, -0.25) is 4.79 Å². The number of nitrogens with one attached hydrogen (secondary N) is 1. The number of amides is 1. The summed E-state index contributed by atoms with van der Waals surface area (Å²) in [5, 5.41) is 5.49. The molecular formula is C14H21ClN2OS. The smallest absolute Gasteiger partial charge is 0.264 e. The standard InChI is InChI=1S/C14H20N2OS.ClH/c1-2-10-6-8-18-13(10)14(17)16-11-3-4-12(16)9-15-7-5-11;/h6,8,11-12,15H,2-5,7,9H2,1H3;1H. The van der Waals surface area contributed by atoms with E-state index in [1.54, 1.807) is 11.3 Å². The number of rotatable bonds is 2. The quantitative estimate of drug-likeness (QED) is 0.911. The highest BCUT2D eigenvalue weighted by Crippen LogP contribution is 2.31. The molecule has 0 aromatic carbocycles. The van der Waals surface area contributed by atoms with Crippen molar-refractivity contribution in [2.75, 3.05) is 13.1 Å². The maximum atomic E-state index is 12.8. The lowest BCUT2D eigenvalue weighted by Gasteiger charge is -2.27. The highest BCUT2D eigenvalue weighted by Gasteiger charge is 2.39. The van der Waals surface area contributed by atoms with Crippen LogP contribution in [0.4, 0.5) is 0 Å². The second-order valence-corrected chi connectivity index (χ2v) is 6.13. The maximum absolute atomic E-state index is 12.8. The van der Waals surface area contributed by atoms with Gasteiger partial charge in [-0.2, -0.15) is 0 Å². The minimum absolute atomic E-state index is 0. The summed E-state index contributed by atoms with van der Waals surface area (Å²) in [6, 6.07) is 2.97. The normalized spacial score (nSPS) is 25.8. The molecule has 2 unspecified atom stereocenters. The van der Waals surface area contributed by atoms with Gasteiger partial charge in [0.1, 0.15) is 0 Å². The molecule has 2 saturated heterocycles. The molecule has 2 fully saturated rings. The Morgan fingerprint density at radius 3 is 3.00 bits per heavy atom. The van der Waals surface area contributed by atoms with Crippen LogP contribution in [0.1, 0.15) is 41.4 Å². The van der Waals surface area contributed by atoms with Crippen LogP contribution in [0.2, 0.25) is 0 Å². The van der Waals surface area contributed by atoms with Gasteiger partial charge in [-0.25, -0.2) is 0 Å². The fourth-order valence-electron chi connectivity index (χ4n) is 3.23. The van der Waals surface area contributed by atoms with Crippen molar-refractivity contribution in [2.24, 2.45) is 0 Å². The molecule has 1 N–H and O–H groups in total. The van der Waals surface area contributed by atoms with Gasteiger partial charge in [0.05, 0.1) is 4.88 Å². The van der Waals surface area contributed by atoms with E-state index in [4.69, 9.17) is 0 Å².